The maximum Gasteiger partial charge on any atom is 0.165 e. The predicted octanol–water partition coefficient (Wildman–Crippen LogP) is 1.73. The lowest BCUT2D eigenvalue weighted by Gasteiger charge is -2.06. The van der Waals surface area contributed by atoms with E-state index in [0.29, 0.717) is 13.2 Å². The molecule has 0 spiro atoms. The fraction of sp³-hybridized carbons (Fsp3) is 0.400. The van der Waals surface area contributed by atoms with Crippen LogP contribution in [0.25, 0.3) is 0 Å². The lowest BCUT2D eigenvalue weighted by molar-refractivity contribution is 0.311. The van der Waals surface area contributed by atoms with Crippen LogP contribution in [-0.2, 0) is 6.42 Å². The zero-order chi connectivity index (χ0) is 9.68. The number of ether oxygens (including phenoxy) is 1. The third-order valence-electron chi connectivity index (χ3n) is 1.78. The Hall–Kier alpha value is -1.09. The van der Waals surface area contributed by atoms with E-state index in [-0.39, 0.29) is 11.6 Å². The second-order valence-corrected chi connectivity index (χ2v) is 2.76. The molecule has 0 amide bonds. The highest BCUT2D eigenvalue weighted by molar-refractivity contribution is 5.29. The molecule has 1 aromatic rings. The molecule has 0 unspecified atom stereocenters. The van der Waals surface area contributed by atoms with Crippen molar-refractivity contribution in [2.24, 2.45) is 5.73 Å². The van der Waals surface area contributed by atoms with Gasteiger partial charge < -0.3 is 10.5 Å². The van der Waals surface area contributed by atoms with Crippen LogP contribution in [0.4, 0.5) is 4.39 Å². The van der Waals surface area contributed by atoms with E-state index >= 15 is 0 Å². The van der Waals surface area contributed by atoms with Crippen LogP contribution >= 0.6 is 0 Å². The molecule has 1 rings (SSSR count). The van der Waals surface area contributed by atoms with E-state index < -0.39 is 0 Å². The molecule has 0 atom stereocenters. The molecule has 0 heterocycles. The highest BCUT2D eigenvalue weighted by atomic mass is 19.1. The van der Waals surface area contributed by atoms with Crippen LogP contribution in [0.1, 0.15) is 12.5 Å². The van der Waals surface area contributed by atoms with Gasteiger partial charge in [-0.1, -0.05) is 13.0 Å². The van der Waals surface area contributed by atoms with E-state index in [1.807, 2.05) is 13.0 Å². The molecule has 0 saturated carbocycles. The van der Waals surface area contributed by atoms with Crippen molar-refractivity contribution in [1.29, 1.82) is 0 Å². The molecule has 72 valence electrons. The van der Waals surface area contributed by atoms with Crippen LogP contribution in [0.15, 0.2) is 18.2 Å². The standard InChI is InChI=1S/C10H14FNO/c1-2-8-3-4-10(9(11)7-8)13-6-5-12/h3-4,7H,2,5-6,12H2,1H3. The minimum absolute atomic E-state index is 0.280. The van der Waals surface area contributed by atoms with Gasteiger partial charge in [-0.15, -0.1) is 0 Å². The van der Waals surface area contributed by atoms with Crippen molar-refractivity contribution in [2.75, 3.05) is 13.2 Å². The lowest BCUT2D eigenvalue weighted by Crippen LogP contribution is -2.11. The zero-order valence-electron chi connectivity index (χ0n) is 7.72. The van der Waals surface area contributed by atoms with E-state index in [9.17, 15) is 4.39 Å². The number of nitrogens with two attached hydrogens (primary N) is 1. The van der Waals surface area contributed by atoms with Gasteiger partial charge in [0.25, 0.3) is 0 Å². The fourth-order valence-electron chi connectivity index (χ4n) is 1.05. The highest BCUT2D eigenvalue weighted by Gasteiger charge is 2.02. The highest BCUT2D eigenvalue weighted by Crippen LogP contribution is 2.18. The van der Waals surface area contributed by atoms with Crippen LogP contribution in [-0.4, -0.2) is 13.2 Å². The average molecular weight is 183 g/mol. The van der Waals surface area contributed by atoms with Gasteiger partial charge in [0.2, 0.25) is 0 Å². The second-order valence-electron chi connectivity index (χ2n) is 2.76. The number of hydrogen-bond donors (Lipinski definition) is 1. The Morgan fingerprint density at radius 2 is 2.23 bits per heavy atom. The first-order chi connectivity index (χ1) is 6.27. The quantitative estimate of drug-likeness (QED) is 0.771. The maximum absolute atomic E-state index is 13.2. The van der Waals surface area contributed by atoms with Gasteiger partial charge in [0, 0.05) is 6.54 Å². The summed E-state index contributed by atoms with van der Waals surface area (Å²) in [4.78, 5) is 0. The molecule has 2 nitrogen and oxygen atoms in total. The molecule has 0 aliphatic heterocycles. The number of halogens is 1. The molecule has 0 aromatic heterocycles. The largest absolute Gasteiger partial charge is 0.489 e. The maximum atomic E-state index is 13.2. The van der Waals surface area contributed by atoms with Crippen LogP contribution in [0.3, 0.4) is 0 Å². The molecule has 2 N–H and O–H groups in total. The van der Waals surface area contributed by atoms with Gasteiger partial charge in [-0.25, -0.2) is 4.39 Å². The summed E-state index contributed by atoms with van der Waals surface area (Å²) >= 11 is 0. The summed E-state index contributed by atoms with van der Waals surface area (Å²) in [5.41, 5.74) is 6.21. The molecule has 0 aliphatic carbocycles. The first kappa shape index (κ1) is 9.99. The Balaban J connectivity index is 2.73. The van der Waals surface area contributed by atoms with Gasteiger partial charge in [-0.3, -0.25) is 0 Å². The summed E-state index contributed by atoms with van der Waals surface area (Å²) in [5.74, 6) is -0.0320. The zero-order valence-corrected chi connectivity index (χ0v) is 7.72. The SMILES string of the molecule is CCc1ccc(OCCN)c(F)c1. The molecule has 0 aliphatic rings. The van der Waals surface area contributed by atoms with E-state index in [1.54, 1.807) is 6.07 Å². The van der Waals surface area contributed by atoms with Crippen molar-refractivity contribution >= 4 is 0 Å². The van der Waals surface area contributed by atoms with Gasteiger partial charge in [-0.2, -0.15) is 0 Å². The Morgan fingerprint density at radius 1 is 1.46 bits per heavy atom. The van der Waals surface area contributed by atoms with Crippen molar-refractivity contribution < 1.29 is 9.13 Å². The summed E-state index contributed by atoms with van der Waals surface area (Å²) in [6.07, 6.45) is 0.827. The number of benzene rings is 1. The van der Waals surface area contributed by atoms with Gasteiger partial charge in [0.15, 0.2) is 11.6 Å². The molecule has 1 aromatic carbocycles. The first-order valence-electron chi connectivity index (χ1n) is 4.39. The average Bonchev–Trinajstić information content (AvgIpc) is 2.16. The molecular weight excluding hydrogens is 169 g/mol. The topological polar surface area (TPSA) is 35.2 Å². The fourth-order valence-corrected chi connectivity index (χ4v) is 1.05. The van der Waals surface area contributed by atoms with Gasteiger partial charge in [-0.05, 0) is 24.1 Å². The third kappa shape index (κ3) is 2.70. The van der Waals surface area contributed by atoms with Crippen molar-refractivity contribution in [3.63, 3.8) is 0 Å². The van der Waals surface area contributed by atoms with Crippen LogP contribution in [0, 0.1) is 5.82 Å². The number of rotatable bonds is 4. The molecular formula is C10H14FNO. The smallest absolute Gasteiger partial charge is 0.165 e. The summed E-state index contributed by atoms with van der Waals surface area (Å²) < 4.78 is 18.3. The van der Waals surface area contributed by atoms with Crippen LogP contribution in [0.5, 0.6) is 5.75 Å². The molecule has 0 radical (unpaired) electrons. The van der Waals surface area contributed by atoms with E-state index in [4.69, 9.17) is 10.5 Å². The lowest BCUT2D eigenvalue weighted by atomic mass is 10.1. The van der Waals surface area contributed by atoms with Crippen molar-refractivity contribution in [1.82, 2.24) is 0 Å². The summed E-state index contributed by atoms with van der Waals surface area (Å²) in [5, 5.41) is 0. The van der Waals surface area contributed by atoms with E-state index in [0.717, 1.165) is 12.0 Å². The normalized spacial score (nSPS) is 10.1. The summed E-state index contributed by atoms with van der Waals surface area (Å²) in [6, 6.07) is 4.99. The molecule has 3 heteroatoms. The van der Waals surface area contributed by atoms with Crippen molar-refractivity contribution in [3.05, 3.63) is 29.6 Å². The van der Waals surface area contributed by atoms with Gasteiger partial charge in [0.05, 0.1) is 0 Å². The number of hydrogen-bond acceptors (Lipinski definition) is 2. The minimum Gasteiger partial charge on any atom is -0.489 e. The molecule has 0 bridgehead atoms. The number of aryl methyl sites for hydroxylation is 1. The second kappa shape index (κ2) is 4.82. The van der Waals surface area contributed by atoms with Crippen LogP contribution < -0.4 is 10.5 Å². The van der Waals surface area contributed by atoms with Gasteiger partial charge in [0.1, 0.15) is 6.61 Å². The van der Waals surface area contributed by atoms with E-state index in [2.05, 4.69) is 0 Å². The monoisotopic (exact) mass is 183 g/mol. The van der Waals surface area contributed by atoms with Crippen molar-refractivity contribution in [3.8, 4) is 5.75 Å². The Kier molecular flexibility index (Phi) is 3.71. The van der Waals surface area contributed by atoms with Crippen LogP contribution in [0.2, 0.25) is 0 Å². The molecule has 13 heavy (non-hydrogen) atoms. The third-order valence-corrected chi connectivity index (χ3v) is 1.78. The Morgan fingerprint density at radius 3 is 2.77 bits per heavy atom. The Labute approximate surface area is 77.5 Å². The van der Waals surface area contributed by atoms with E-state index in [1.165, 1.54) is 6.07 Å². The molecule has 0 saturated heterocycles. The molecule has 0 fully saturated rings. The van der Waals surface area contributed by atoms with Crippen molar-refractivity contribution in [2.45, 2.75) is 13.3 Å². The Bertz CT molecular complexity index is 276. The summed E-state index contributed by atoms with van der Waals surface area (Å²) in [6.45, 7) is 2.73. The minimum atomic E-state index is -0.312. The van der Waals surface area contributed by atoms with Gasteiger partial charge >= 0.3 is 0 Å². The summed E-state index contributed by atoms with van der Waals surface area (Å²) in [7, 11) is 0. The first-order valence-corrected chi connectivity index (χ1v) is 4.39. The predicted molar refractivity (Wildman–Crippen MR) is 50.3 cm³/mol.